The second-order valence-electron chi connectivity index (χ2n) is 3.67. The normalized spacial score (nSPS) is 12.6. The molecule has 0 radical (unpaired) electrons. The molecule has 0 amide bonds. The largest absolute Gasteiger partial charge is 0.271 e. The van der Waals surface area contributed by atoms with Gasteiger partial charge in [-0.25, -0.2) is 0 Å². The van der Waals surface area contributed by atoms with Gasteiger partial charge < -0.3 is 0 Å². The SMILES string of the molecule is NNC(Cc1cccs1)c1cc(Br)ccc1Cl. The van der Waals surface area contributed by atoms with E-state index in [0.717, 1.165) is 21.5 Å². The summed E-state index contributed by atoms with van der Waals surface area (Å²) in [6, 6.07) is 9.96. The van der Waals surface area contributed by atoms with Crippen molar-refractivity contribution in [3.8, 4) is 0 Å². The number of nitrogens with one attached hydrogen (secondary N) is 1. The van der Waals surface area contributed by atoms with E-state index in [1.807, 2.05) is 24.3 Å². The van der Waals surface area contributed by atoms with Gasteiger partial charge in [0.1, 0.15) is 0 Å². The van der Waals surface area contributed by atoms with Crippen LogP contribution in [0.5, 0.6) is 0 Å². The highest BCUT2D eigenvalue weighted by molar-refractivity contribution is 9.10. The Hall–Kier alpha value is -0.390. The van der Waals surface area contributed by atoms with E-state index in [1.54, 1.807) is 11.3 Å². The van der Waals surface area contributed by atoms with Crippen molar-refractivity contribution in [1.29, 1.82) is 0 Å². The summed E-state index contributed by atoms with van der Waals surface area (Å²) in [5.74, 6) is 5.62. The first-order valence-electron chi connectivity index (χ1n) is 5.14. The van der Waals surface area contributed by atoms with Crippen molar-refractivity contribution < 1.29 is 0 Å². The highest BCUT2D eigenvalue weighted by Gasteiger charge is 2.14. The van der Waals surface area contributed by atoms with Gasteiger partial charge in [0.05, 0.1) is 6.04 Å². The molecular weight excluding hydrogens is 320 g/mol. The molecule has 1 heterocycles. The molecule has 5 heteroatoms. The lowest BCUT2D eigenvalue weighted by Crippen LogP contribution is -2.29. The molecule has 0 aliphatic rings. The maximum atomic E-state index is 6.20. The van der Waals surface area contributed by atoms with Gasteiger partial charge in [-0.15, -0.1) is 11.3 Å². The zero-order valence-corrected chi connectivity index (χ0v) is 12.1. The number of hydrogen-bond acceptors (Lipinski definition) is 3. The van der Waals surface area contributed by atoms with Crippen LogP contribution in [0.15, 0.2) is 40.2 Å². The molecule has 17 heavy (non-hydrogen) atoms. The minimum atomic E-state index is 0.0265. The van der Waals surface area contributed by atoms with Gasteiger partial charge in [0.25, 0.3) is 0 Å². The number of nitrogens with two attached hydrogens (primary N) is 1. The summed E-state index contributed by atoms with van der Waals surface area (Å²) in [6.07, 6.45) is 0.838. The van der Waals surface area contributed by atoms with E-state index in [4.69, 9.17) is 17.4 Å². The zero-order valence-electron chi connectivity index (χ0n) is 8.99. The second kappa shape index (κ2) is 5.98. The first kappa shape index (κ1) is 13.1. The average Bonchev–Trinajstić information content (AvgIpc) is 2.82. The van der Waals surface area contributed by atoms with E-state index in [1.165, 1.54) is 4.88 Å². The van der Waals surface area contributed by atoms with E-state index < -0.39 is 0 Å². The summed E-state index contributed by atoms with van der Waals surface area (Å²) >= 11 is 11.4. The molecule has 90 valence electrons. The van der Waals surface area contributed by atoms with Crippen LogP contribution in [-0.2, 0) is 6.42 Å². The van der Waals surface area contributed by atoms with Crippen molar-refractivity contribution in [2.45, 2.75) is 12.5 Å². The van der Waals surface area contributed by atoms with E-state index in [9.17, 15) is 0 Å². The van der Waals surface area contributed by atoms with Crippen LogP contribution < -0.4 is 11.3 Å². The summed E-state index contributed by atoms with van der Waals surface area (Å²) in [6.45, 7) is 0. The van der Waals surface area contributed by atoms with Crippen molar-refractivity contribution in [3.05, 3.63) is 55.6 Å². The molecule has 1 atom stereocenters. The fraction of sp³-hybridized carbons (Fsp3) is 0.167. The third-order valence-corrected chi connectivity index (χ3v) is 4.26. The molecular formula is C12H12BrClN2S. The van der Waals surface area contributed by atoms with Gasteiger partial charge in [-0.1, -0.05) is 33.6 Å². The van der Waals surface area contributed by atoms with E-state index >= 15 is 0 Å². The molecule has 2 nitrogen and oxygen atoms in total. The molecule has 0 aliphatic heterocycles. The molecule has 0 saturated heterocycles. The Labute approximate surface area is 118 Å². The lowest BCUT2D eigenvalue weighted by molar-refractivity contribution is 0.555. The number of rotatable bonds is 4. The van der Waals surface area contributed by atoms with Gasteiger partial charge in [0.15, 0.2) is 0 Å². The Bertz CT molecular complexity index is 487. The molecule has 1 unspecified atom stereocenters. The molecule has 1 aromatic carbocycles. The molecule has 3 N–H and O–H groups in total. The number of benzene rings is 1. The average molecular weight is 332 g/mol. The molecule has 2 aromatic rings. The van der Waals surface area contributed by atoms with Gasteiger partial charge in [-0.05, 0) is 35.2 Å². The maximum absolute atomic E-state index is 6.20. The first-order chi connectivity index (χ1) is 8.20. The van der Waals surface area contributed by atoms with Crippen LogP contribution in [0.2, 0.25) is 5.02 Å². The van der Waals surface area contributed by atoms with Crippen molar-refractivity contribution in [3.63, 3.8) is 0 Å². The molecule has 0 aliphatic carbocycles. The maximum Gasteiger partial charge on any atom is 0.0523 e. The number of hydrogen-bond donors (Lipinski definition) is 2. The Morgan fingerprint density at radius 1 is 1.41 bits per heavy atom. The molecule has 0 spiro atoms. The molecule has 1 aromatic heterocycles. The molecule has 2 rings (SSSR count). The monoisotopic (exact) mass is 330 g/mol. The summed E-state index contributed by atoms with van der Waals surface area (Å²) in [7, 11) is 0. The first-order valence-corrected chi connectivity index (χ1v) is 7.19. The van der Waals surface area contributed by atoms with Gasteiger partial charge in [-0.2, -0.15) is 0 Å². The van der Waals surface area contributed by atoms with Crippen molar-refractivity contribution in [1.82, 2.24) is 5.43 Å². The van der Waals surface area contributed by atoms with E-state index in [-0.39, 0.29) is 6.04 Å². The standard InChI is InChI=1S/C12H12BrClN2S/c13-8-3-4-11(14)10(6-8)12(16-15)7-9-2-1-5-17-9/h1-6,12,16H,7,15H2. The Morgan fingerprint density at radius 3 is 2.88 bits per heavy atom. The quantitative estimate of drug-likeness (QED) is 0.658. The Balaban J connectivity index is 2.25. The number of hydrazine groups is 1. The van der Waals surface area contributed by atoms with Crippen LogP contribution in [0.1, 0.15) is 16.5 Å². The van der Waals surface area contributed by atoms with Gasteiger partial charge in [0, 0.05) is 20.8 Å². The third-order valence-electron chi connectivity index (χ3n) is 2.52. The van der Waals surface area contributed by atoms with E-state index in [2.05, 4.69) is 32.8 Å². The van der Waals surface area contributed by atoms with Crippen LogP contribution in [0.25, 0.3) is 0 Å². The van der Waals surface area contributed by atoms with Gasteiger partial charge in [0.2, 0.25) is 0 Å². The van der Waals surface area contributed by atoms with Crippen LogP contribution in [0, 0.1) is 0 Å². The summed E-state index contributed by atoms with van der Waals surface area (Å²) < 4.78 is 1.00. The summed E-state index contributed by atoms with van der Waals surface area (Å²) in [5.41, 5.74) is 3.84. The predicted molar refractivity (Wildman–Crippen MR) is 77.2 cm³/mol. The van der Waals surface area contributed by atoms with Crippen LogP contribution in [0.4, 0.5) is 0 Å². The summed E-state index contributed by atoms with van der Waals surface area (Å²) in [5, 5.41) is 2.79. The van der Waals surface area contributed by atoms with Crippen molar-refractivity contribution in [2.75, 3.05) is 0 Å². The van der Waals surface area contributed by atoms with Gasteiger partial charge in [-0.3, -0.25) is 11.3 Å². The van der Waals surface area contributed by atoms with Crippen molar-refractivity contribution >= 4 is 38.9 Å². The molecule has 0 saturated carbocycles. The zero-order chi connectivity index (χ0) is 12.3. The van der Waals surface area contributed by atoms with E-state index in [0.29, 0.717) is 0 Å². The molecule has 0 bridgehead atoms. The minimum absolute atomic E-state index is 0.0265. The fourth-order valence-corrected chi connectivity index (χ4v) is 3.05. The van der Waals surface area contributed by atoms with Crippen molar-refractivity contribution in [2.24, 2.45) is 5.84 Å². The lowest BCUT2D eigenvalue weighted by Gasteiger charge is -2.17. The Kier molecular flexibility index (Phi) is 4.59. The lowest BCUT2D eigenvalue weighted by atomic mass is 10.0. The highest BCUT2D eigenvalue weighted by atomic mass is 79.9. The molecule has 0 fully saturated rings. The minimum Gasteiger partial charge on any atom is -0.271 e. The fourth-order valence-electron chi connectivity index (χ4n) is 1.67. The van der Waals surface area contributed by atoms with Crippen LogP contribution in [-0.4, -0.2) is 0 Å². The third kappa shape index (κ3) is 3.30. The van der Waals surface area contributed by atoms with Crippen LogP contribution >= 0.6 is 38.9 Å². The smallest absolute Gasteiger partial charge is 0.0523 e. The highest BCUT2D eigenvalue weighted by Crippen LogP contribution is 2.29. The summed E-state index contributed by atoms with van der Waals surface area (Å²) in [4.78, 5) is 1.28. The number of thiophene rings is 1. The topological polar surface area (TPSA) is 38.0 Å². The second-order valence-corrected chi connectivity index (χ2v) is 6.02. The van der Waals surface area contributed by atoms with Crippen LogP contribution in [0.3, 0.4) is 0 Å². The van der Waals surface area contributed by atoms with Gasteiger partial charge >= 0.3 is 0 Å². The Morgan fingerprint density at radius 2 is 2.24 bits per heavy atom. The number of halogens is 2. The predicted octanol–water partition coefficient (Wildman–Crippen LogP) is 3.91.